The number of aryl methyl sites for hydroxylation is 1. The number of ether oxygens (including phenoxy) is 1. The van der Waals surface area contributed by atoms with Gasteiger partial charge in [0.25, 0.3) is 0 Å². The summed E-state index contributed by atoms with van der Waals surface area (Å²) in [7, 11) is 0. The maximum absolute atomic E-state index is 12.3. The number of para-hydroxylation sites is 1. The van der Waals surface area contributed by atoms with E-state index >= 15 is 0 Å². The van der Waals surface area contributed by atoms with E-state index in [1.807, 2.05) is 53.5 Å². The molecule has 156 valence electrons. The first-order chi connectivity index (χ1) is 14.8. The average Bonchev–Trinajstić information content (AvgIpc) is 3.27. The predicted octanol–water partition coefficient (Wildman–Crippen LogP) is 2.82. The van der Waals surface area contributed by atoms with Crippen LogP contribution in [0.3, 0.4) is 0 Å². The quantitative estimate of drug-likeness (QED) is 0.627. The van der Waals surface area contributed by atoms with Crippen molar-refractivity contribution in [3.8, 4) is 5.69 Å². The molecule has 1 N–H and O–H groups in total. The van der Waals surface area contributed by atoms with Gasteiger partial charge in [-0.3, -0.25) is 9.69 Å². The molecule has 1 atom stereocenters. The molecule has 0 radical (unpaired) electrons. The number of hydrogen-bond acceptors (Lipinski definition) is 4. The molecule has 1 aliphatic heterocycles. The number of hydrogen-bond donors (Lipinski definition) is 1. The largest absolute Gasteiger partial charge is 0.374 e. The fraction of sp³-hybridized carbons (Fsp3) is 0.333. The van der Waals surface area contributed by atoms with Crippen molar-refractivity contribution >= 4 is 5.91 Å². The summed E-state index contributed by atoms with van der Waals surface area (Å²) < 4.78 is 7.68. The van der Waals surface area contributed by atoms with Crippen molar-refractivity contribution in [3.05, 3.63) is 84.2 Å². The molecule has 1 amide bonds. The normalized spacial score (nSPS) is 17.0. The van der Waals surface area contributed by atoms with Gasteiger partial charge in [0.05, 0.1) is 24.6 Å². The third-order valence-corrected chi connectivity index (χ3v) is 5.30. The maximum Gasteiger partial charge on any atom is 0.220 e. The third kappa shape index (κ3) is 5.78. The molecule has 0 aliphatic carbocycles. The highest BCUT2D eigenvalue weighted by Crippen LogP contribution is 2.11. The molecule has 1 unspecified atom stereocenters. The van der Waals surface area contributed by atoms with Gasteiger partial charge in [-0.15, -0.1) is 0 Å². The van der Waals surface area contributed by atoms with Crippen molar-refractivity contribution in [3.63, 3.8) is 0 Å². The van der Waals surface area contributed by atoms with Crippen molar-refractivity contribution in [2.75, 3.05) is 26.2 Å². The van der Waals surface area contributed by atoms with E-state index < -0.39 is 0 Å². The number of aromatic nitrogens is 2. The Kier molecular flexibility index (Phi) is 6.90. The first-order valence-electron chi connectivity index (χ1n) is 10.5. The highest BCUT2D eigenvalue weighted by Gasteiger charge is 2.21. The van der Waals surface area contributed by atoms with Crippen molar-refractivity contribution in [1.29, 1.82) is 0 Å². The molecule has 6 heteroatoms. The molecule has 1 saturated heterocycles. The van der Waals surface area contributed by atoms with Crippen molar-refractivity contribution < 1.29 is 9.53 Å². The number of rotatable bonds is 8. The summed E-state index contributed by atoms with van der Waals surface area (Å²) in [4.78, 5) is 14.7. The van der Waals surface area contributed by atoms with Gasteiger partial charge < -0.3 is 10.1 Å². The molecule has 6 nitrogen and oxygen atoms in total. The summed E-state index contributed by atoms with van der Waals surface area (Å²) in [5.74, 6) is 0.0474. The van der Waals surface area contributed by atoms with E-state index in [1.54, 1.807) is 0 Å². The van der Waals surface area contributed by atoms with Crippen LogP contribution in [0.4, 0.5) is 0 Å². The second-order valence-corrected chi connectivity index (χ2v) is 7.65. The minimum Gasteiger partial charge on any atom is -0.374 e. The lowest BCUT2D eigenvalue weighted by atomic mass is 10.1. The zero-order valence-corrected chi connectivity index (χ0v) is 17.1. The van der Waals surface area contributed by atoms with Crippen molar-refractivity contribution in [2.24, 2.45) is 0 Å². The highest BCUT2D eigenvalue weighted by atomic mass is 16.5. The standard InChI is InChI=1S/C24H28N4O2/c29-24(12-11-21-15-26-28(18-21)22-9-5-2-6-10-22)25-16-23-19-27(13-14-30-23)17-20-7-3-1-4-8-20/h1-10,15,18,23H,11-14,16-17,19H2,(H,25,29). The molecule has 2 heterocycles. The third-order valence-electron chi connectivity index (χ3n) is 5.30. The minimum atomic E-state index is 0.0345. The molecule has 1 aliphatic rings. The molecule has 4 rings (SSSR count). The van der Waals surface area contributed by atoms with E-state index in [9.17, 15) is 4.79 Å². The van der Waals surface area contributed by atoms with Gasteiger partial charge in [0.1, 0.15) is 0 Å². The molecule has 3 aromatic rings. The smallest absolute Gasteiger partial charge is 0.220 e. The van der Waals surface area contributed by atoms with Crippen LogP contribution in [0, 0.1) is 0 Å². The molecule has 2 aromatic carbocycles. The van der Waals surface area contributed by atoms with E-state index in [-0.39, 0.29) is 12.0 Å². The van der Waals surface area contributed by atoms with E-state index in [0.717, 1.165) is 30.9 Å². The lowest BCUT2D eigenvalue weighted by Gasteiger charge is -2.33. The lowest BCUT2D eigenvalue weighted by Crippen LogP contribution is -2.47. The van der Waals surface area contributed by atoms with Gasteiger partial charge in [-0.05, 0) is 29.7 Å². The van der Waals surface area contributed by atoms with Gasteiger partial charge in [-0.2, -0.15) is 5.10 Å². The highest BCUT2D eigenvalue weighted by molar-refractivity contribution is 5.76. The molecular weight excluding hydrogens is 376 g/mol. The average molecular weight is 405 g/mol. The number of carbonyl (C=O) groups is 1. The van der Waals surface area contributed by atoms with Crippen molar-refractivity contribution in [2.45, 2.75) is 25.5 Å². The van der Waals surface area contributed by atoms with Gasteiger partial charge >= 0.3 is 0 Å². The molecule has 1 fully saturated rings. The Morgan fingerprint density at radius 2 is 1.83 bits per heavy atom. The van der Waals surface area contributed by atoms with Crippen LogP contribution in [0.5, 0.6) is 0 Å². The van der Waals surface area contributed by atoms with E-state index in [2.05, 4.69) is 39.6 Å². The summed E-state index contributed by atoms with van der Waals surface area (Å²) in [5.41, 5.74) is 3.37. The van der Waals surface area contributed by atoms with Crippen LogP contribution in [0.2, 0.25) is 0 Å². The Balaban J connectivity index is 1.19. The van der Waals surface area contributed by atoms with E-state index in [4.69, 9.17) is 4.74 Å². The number of carbonyl (C=O) groups excluding carboxylic acids is 1. The minimum absolute atomic E-state index is 0.0345. The zero-order chi connectivity index (χ0) is 20.6. The van der Waals surface area contributed by atoms with Gasteiger partial charge in [0.15, 0.2) is 0 Å². The van der Waals surface area contributed by atoms with Crippen molar-refractivity contribution in [1.82, 2.24) is 20.0 Å². The van der Waals surface area contributed by atoms with Crippen LogP contribution in [0.25, 0.3) is 5.69 Å². The van der Waals surface area contributed by atoms with Gasteiger partial charge in [0, 0.05) is 38.8 Å². The van der Waals surface area contributed by atoms with Crippen LogP contribution in [0.15, 0.2) is 73.1 Å². The number of nitrogens with one attached hydrogen (secondary N) is 1. The van der Waals surface area contributed by atoms with Crippen LogP contribution >= 0.6 is 0 Å². The number of benzene rings is 2. The Morgan fingerprint density at radius 3 is 2.63 bits per heavy atom. The Hall–Kier alpha value is -2.96. The summed E-state index contributed by atoms with van der Waals surface area (Å²) in [6, 6.07) is 20.4. The molecule has 0 bridgehead atoms. The van der Waals surface area contributed by atoms with Crippen LogP contribution < -0.4 is 5.32 Å². The molecule has 0 spiro atoms. The lowest BCUT2D eigenvalue weighted by molar-refractivity contribution is -0.122. The Morgan fingerprint density at radius 1 is 1.07 bits per heavy atom. The number of morpholine rings is 1. The summed E-state index contributed by atoms with van der Waals surface area (Å²) in [6.07, 6.45) is 4.96. The number of amides is 1. The van der Waals surface area contributed by atoms with Gasteiger partial charge in [-0.25, -0.2) is 4.68 Å². The summed E-state index contributed by atoms with van der Waals surface area (Å²) >= 11 is 0. The fourth-order valence-electron chi connectivity index (χ4n) is 3.67. The fourth-order valence-corrected chi connectivity index (χ4v) is 3.67. The number of nitrogens with zero attached hydrogens (tertiary/aromatic N) is 3. The molecule has 0 saturated carbocycles. The van der Waals surface area contributed by atoms with Gasteiger partial charge in [0.2, 0.25) is 5.91 Å². The van der Waals surface area contributed by atoms with E-state index in [0.29, 0.717) is 26.0 Å². The second kappa shape index (κ2) is 10.2. The Labute approximate surface area is 177 Å². The Bertz CT molecular complexity index is 927. The van der Waals surface area contributed by atoms with E-state index in [1.165, 1.54) is 5.56 Å². The van der Waals surface area contributed by atoms with Crippen LogP contribution in [-0.2, 0) is 22.5 Å². The topological polar surface area (TPSA) is 59.4 Å². The molecule has 1 aromatic heterocycles. The first kappa shape index (κ1) is 20.3. The molecule has 30 heavy (non-hydrogen) atoms. The SMILES string of the molecule is O=C(CCc1cnn(-c2ccccc2)c1)NCC1CN(Cc2ccccc2)CCO1. The zero-order valence-electron chi connectivity index (χ0n) is 17.1. The molecular formula is C24H28N4O2. The van der Waals surface area contributed by atoms with Crippen LogP contribution in [0.1, 0.15) is 17.5 Å². The summed E-state index contributed by atoms with van der Waals surface area (Å²) in [6.45, 7) is 3.92. The van der Waals surface area contributed by atoms with Crippen LogP contribution in [-0.4, -0.2) is 52.9 Å². The summed E-state index contributed by atoms with van der Waals surface area (Å²) in [5, 5.41) is 7.41. The second-order valence-electron chi connectivity index (χ2n) is 7.65. The first-order valence-corrected chi connectivity index (χ1v) is 10.5. The van der Waals surface area contributed by atoms with Gasteiger partial charge in [-0.1, -0.05) is 48.5 Å². The maximum atomic E-state index is 12.3. The predicted molar refractivity (Wildman–Crippen MR) is 116 cm³/mol. The monoisotopic (exact) mass is 404 g/mol.